The van der Waals surface area contributed by atoms with Crippen LogP contribution in [-0.2, 0) is 12.4 Å². The van der Waals surface area contributed by atoms with Crippen LogP contribution >= 0.6 is 12.2 Å². The molecule has 12 heteroatoms. The Morgan fingerprint density at radius 2 is 1.18 bits per heavy atom. The van der Waals surface area contributed by atoms with Crippen molar-refractivity contribution in [2.24, 2.45) is 4.99 Å². The number of nitrogens with zero attached hydrogens (tertiary/aromatic N) is 3. The highest BCUT2D eigenvalue weighted by Crippen LogP contribution is 2.38. The summed E-state index contributed by atoms with van der Waals surface area (Å²) in [5.41, 5.74) is -1.78. The van der Waals surface area contributed by atoms with Gasteiger partial charge < -0.3 is 20.4 Å². The molecule has 40 heavy (non-hydrogen) atoms. The monoisotopic (exact) mass is 581 g/mol. The maximum Gasteiger partial charge on any atom is 0.416 e. The number of hydrogen-bond donors (Lipinski definition) is 2. The average Bonchev–Trinajstić information content (AvgIpc) is 2.87. The second-order valence-corrected chi connectivity index (χ2v) is 9.76. The zero-order valence-corrected chi connectivity index (χ0v) is 23.0. The Morgan fingerprint density at radius 1 is 0.725 bits per heavy atom. The second-order valence-electron chi connectivity index (χ2n) is 9.35. The minimum absolute atomic E-state index is 0.0681. The number of hydrogen-bond acceptors (Lipinski definition) is 2. The Balaban J connectivity index is 2.07. The van der Waals surface area contributed by atoms with Crippen molar-refractivity contribution < 1.29 is 26.3 Å². The van der Waals surface area contributed by atoms with Crippen LogP contribution in [-0.4, -0.2) is 49.1 Å². The summed E-state index contributed by atoms with van der Waals surface area (Å²) in [7, 11) is 7.35. The number of benzene rings is 3. The smallest absolute Gasteiger partial charge is 0.353 e. The number of thiocarbonyl (C=S) groups is 1. The lowest BCUT2D eigenvalue weighted by Crippen LogP contribution is -2.39. The molecule has 5 nitrogen and oxygen atoms in total. The third kappa shape index (κ3) is 8.10. The summed E-state index contributed by atoms with van der Waals surface area (Å²) in [6, 6.07) is 18.4. The van der Waals surface area contributed by atoms with Gasteiger partial charge >= 0.3 is 12.4 Å². The van der Waals surface area contributed by atoms with Gasteiger partial charge in [-0.25, -0.2) is 4.99 Å². The topological polar surface area (TPSA) is 42.9 Å². The molecule has 2 atom stereocenters. The van der Waals surface area contributed by atoms with Crippen molar-refractivity contribution >= 4 is 29.0 Å². The van der Waals surface area contributed by atoms with Crippen molar-refractivity contribution in [1.82, 2.24) is 15.1 Å². The Hall–Kier alpha value is -3.80. The zero-order valence-electron chi connectivity index (χ0n) is 22.2. The summed E-state index contributed by atoms with van der Waals surface area (Å²) < 4.78 is 80.3. The largest absolute Gasteiger partial charge is 0.416 e. The fraction of sp³-hybridized carbons (Fsp3) is 0.286. The van der Waals surface area contributed by atoms with Crippen LogP contribution in [0.1, 0.15) is 34.3 Å². The third-order valence-electron chi connectivity index (χ3n) is 5.80. The van der Waals surface area contributed by atoms with Crippen LogP contribution in [0.4, 0.5) is 32.0 Å². The highest BCUT2D eigenvalue weighted by atomic mass is 32.1. The molecule has 0 saturated heterocycles. The molecular weight excluding hydrogens is 552 g/mol. The molecule has 0 radical (unpaired) electrons. The Labute approximate surface area is 234 Å². The number of rotatable bonds is 6. The van der Waals surface area contributed by atoms with Gasteiger partial charge in [-0.05, 0) is 41.5 Å². The first kappa shape index (κ1) is 30.7. The van der Waals surface area contributed by atoms with Crippen molar-refractivity contribution in [2.75, 3.05) is 33.5 Å². The molecule has 0 saturated carbocycles. The van der Waals surface area contributed by atoms with Crippen molar-refractivity contribution in [1.29, 1.82) is 0 Å². The number of alkyl halides is 6. The van der Waals surface area contributed by atoms with E-state index in [2.05, 4.69) is 10.6 Å². The molecular formula is C28H29F6N5S. The van der Waals surface area contributed by atoms with Gasteiger partial charge in [-0.15, -0.1) is 0 Å². The van der Waals surface area contributed by atoms with Crippen LogP contribution in [0.25, 0.3) is 0 Å². The lowest BCUT2D eigenvalue weighted by atomic mass is 9.94. The molecule has 0 spiro atoms. The molecule has 0 aromatic heterocycles. The van der Waals surface area contributed by atoms with Gasteiger partial charge in [0.1, 0.15) is 6.04 Å². The van der Waals surface area contributed by atoms with Crippen LogP contribution in [0.3, 0.4) is 0 Å². The molecule has 0 aliphatic carbocycles. The van der Waals surface area contributed by atoms with Gasteiger partial charge in [-0.1, -0.05) is 60.7 Å². The van der Waals surface area contributed by atoms with E-state index in [0.717, 1.165) is 11.1 Å². The van der Waals surface area contributed by atoms with Crippen LogP contribution in [0.5, 0.6) is 0 Å². The summed E-state index contributed by atoms with van der Waals surface area (Å²) in [5, 5.41) is 5.44. The average molecular weight is 582 g/mol. The number of aliphatic imine (C=N–C) groups is 1. The number of guanidine groups is 1. The molecule has 0 fully saturated rings. The number of halogens is 6. The lowest BCUT2D eigenvalue weighted by molar-refractivity contribution is -0.143. The first-order chi connectivity index (χ1) is 18.7. The fourth-order valence-corrected chi connectivity index (χ4v) is 4.33. The van der Waals surface area contributed by atoms with E-state index >= 15 is 0 Å². The summed E-state index contributed by atoms with van der Waals surface area (Å²) in [6.07, 6.45) is -9.97. The molecule has 3 rings (SSSR count). The molecule has 2 N–H and O–H groups in total. The normalized spacial score (nSPS) is 13.2. The van der Waals surface area contributed by atoms with Crippen molar-refractivity contribution in [3.05, 3.63) is 101 Å². The summed E-state index contributed by atoms with van der Waals surface area (Å²) in [6.45, 7) is 0. The summed E-state index contributed by atoms with van der Waals surface area (Å²) >= 11 is 5.42. The molecule has 0 aliphatic heterocycles. The number of nitrogens with one attached hydrogen (secondary N) is 2. The van der Waals surface area contributed by atoms with Crippen molar-refractivity contribution in [3.63, 3.8) is 0 Å². The summed E-state index contributed by atoms with van der Waals surface area (Å²) in [4.78, 5) is 8.65. The highest BCUT2D eigenvalue weighted by molar-refractivity contribution is 7.80. The molecule has 3 aromatic rings. The van der Waals surface area contributed by atoms with E-state index in [1.807, 2.05) is 98.7 Å². The maximum atomic E-state index is 13.4. The van der Waals surface area contributed by atoms with Crippen LogP contribution in [0, 0.1) is 0 Å². The zero-order chi connectivity index (χ0) is 29.7. The minimum Gasteiger partial charge on any atom is -0.353 e. The van der Waals surface area contributed by atoms with E-state index in [1.165, 1.54) is 0 Å². The molecule has 214 valence electrons. The van der Waals surface area contributed by atoms with Crippen LogP contribution in [0.15, 0.2) is 83.9 Å². The standard InChI is InChI=1S/C28H29F6N5S/c1-38(2)26(39(3)4)37-24(19-13-9-6-10-14-19)23(18-11-7-5-8-12-18)36-25(40)35-22-16-20(27(29,30)31)15-21(17-22)28(32,33)34/h5-17,23-24H,1-4H3,(H2,35,36,40)/t23-,24-/m1/s1. The number of anilines is 1. The van der Waals surface area contributed by atoms with Crippen molar-refractivity contribution in [2.45, 2.75) is 24.4 Å². The first-order valence-corrected chi connectivity index (χ1v) is 12.5. The molecule has 0 aliphatic rings. The van der Waals surface area contributed by atoms with Crippen LogP contribution in [0.2, 0.25) is 0 Å². The van der Waals surface area contributed by atoms with E-state index in [9.17, 15) is 26.3 Å². The predicted octanol–water partition coefficient (Wildman–Crippen LogP) is 6.97. The minimum atomic E-state index is -4.98. The first-order valence-electron chi connectivity index (χ1n) is 12.1. The molecule has 0 amide bonds. The molecule has 3 aromatic carbocycles. The van der Waals surface area contributed by atoms with E-state index in [1.54, 1.807) is 0 Å². The predicted molar refractivity (Wildman–Crippen MR) is 149 cm³/mol. The van der Waals surface area contributed by atoms with Crippen molar-refractivity contribution in [3.8, 4) is 0 Å². The SMILES string of the molecule is CN(C)C(=N[C@H](c1ccccc1)[C@H](NC(=S)Nc1cc(C(F)(F)F)cc(C(F)(F)F)c1)c1ccccc1)N(C)C. The highest BCUT2D eigenvalue weighted by Gasteiger charge is 2.37. The van der Waals surface area contributed by atoms with E-state index in [4.69, 9.17) is 17.2 Å². The Kier molecular flexibility index (Phi) is 9.67. The van der Waals surface area contributed by atoms with E-state index in [-0.39, 0.29) is 11.2 Å². The Morgan fingerprint density at radius 3 is 1.60 bits per heavy atom. The van der Waals surface area contributed by atoms with Gasteiger partial charge in [-0.2, -0.15) is 26.3 Å². The molecule has 0 bridgehead atoms. The maximum absolute atomic E-state index is 13.4. The second kappa shape index (κ2) is 12.6. The lowest BCUT2D eigenvalue weighted by Gasteiger charge is -2.31. The van der Waals surface area contributed by atoms with E-state index in [0.29, 0.717) is 18.1 Å². The molecule has 0 heterocycles. The third-order valence-corrected chi connectivity index (χ3v) is 6.02. The fourth-order valence-electron chi connectivity index (χ4n) is 4.09. The van der Waals surface area contributed by atoms with E-state index < -0.39 is 41.3 Å². The quantitative estimate of drug-likeness (QED) is 0.142. The van der Waals surface area contributed by atoms with Gasteiger partial charge in [0, 0.05) is 33.9 Å². The van der Waals surface area contributed by atoms with Gasteiger partial charge in [0.25, 0.3) is 0 Å². The van der Waals surface area contributed by atoms with Gasteiger partial charge in [0.2, 0.25) is 0 Å². The van der Waals surface area contributed by atoms with Gasteiger partial charge in [-0.3, -0.25) is 0 Å². The van der Waals surface area contributed by atoms with Crippen LogP contribution < -0.4 is 10.6 Å². The van der Waals surface area contributed by atoms with Gasteiger partial charge in [0.05, 0.1) is 17.2 Å². The summed E-state index contributed by atoms with van der Waals surface area (Å²) in [5.74, 6) is 0.628. The Bertz CT molecular complexity index is 1270. The van der Waals surface area contributed by atoms with Gasteiger partial charge in [0.15, 0.2) is 11.1 Å². The molecule has 0 unspecified atom stereocenters.